The van der Waals surface area contributed by atoms with E-state index >= 15 is 0 Å². The minimum absolute atomic E-state index is 0.713. The molecule has 71 valence electrons. The zero-order chi connectivity index (χ0) is 9.97. The smallest absolute Gasteiger partial charge is 0.0659 e. The van der Waals surface area contributed by atoms with Gasteiger partial charge in [-0.25, -0.2) is 0 Å². The van der Waals surface area contributed by atoms with E-state index in [9.17, 15) is 0 Å². The predicted octanol–water partition coefficient (Wildman–Crippen LogP) is 3.23. The van der Waals surface area contributed by atoms with Gasteiger partial charge in [-0.2, -0.15) is 0 Å². The summed E-state index contributed by atoms with van der Waals surface area (Å²) in [5, 5.41) is 1.51. The Morgan fingerprint density at radius 3 is 2.50 bits per heavy atom. The van der Waals surface area contributed by atoms with Gasteiger partial charge in [-0.05, 0) is 23.6 Å². The Kier molecular flexibility index (Phi) is 2.68. The van der Waals surface area contributed by atoms with E-state index in [1.54, 1.807) is 0 Å². The lowest BCUT2D eigenvalue weighted by atomic mass is 10.1. The number of hydrogen-bond donors (Lipinski definition) is 0. The first-order valence-corrected chi connectivity index (χ1v) is 8.04. The van der Waals surface area contributed by atoms with Crippen LogP contribution in [0.2, 0.25) is 13.1 Å². The molecule has 0 heterocycles. The fourth-order valence-electron chi connectivity index (χ4n) is 1.87. The van der Waals surface area contributed by atoms with Crippen LogP contribution in [-0.2, 0) is 0 Å². The van der Waals surface area contributed by atoms with Crippen molar-refractivity contribution in [3.63, 3.8) is 0 Å². The molecule has 0 nitrogen and oxygen atoms in total. The van der Waals surface area contributed by atoms with Crippen LogP contribution in [0.5, 0.6) is 0 Å². The Hall–Kier alpha value is -1.08. The summed E-state index contributed by atoms with van der Waals surface area (Å²) in [4.78, 5) is 0. The molecule has 2 rings (SSSR count). The highest BCUT2D eigenvalue weighted by molar-refractivity contribution is 6.67. The molecule has 1 radical (unpaired) electrons. The Labute approximate surface area is 87.6 Å². The van der Waals surface area contributed by atoms with Gasteiger partial charge in [0.25, 0.3) is 0 Å². The first-order valence-electron chi connectivity index (χ1n) is 5.15. The summed E-state index contributed by atoms with van der Waals surface area (Å²) < 4.78 is 0. The lowest BCUT2D eigenvalue weighted by Gasteiger charge is -2.10. The molecule has 0 saturated heterocycles. The summed E-state index contributed by atoms with van der Waals surface area (Å²) in [5.41, 5.74) is 2.79. The van der Waals surface area contributed by atoms with Gasteiger partial charge in [-0.3, -0.25) is 0 Å². The Bertz CT molecular complexity index is 371. The van der Waals surface area contributed by atoms with Crippen molar-refractivity contribution >= 4 is 14.4 Å². The molecule has 1 aromatic carbocycles. The summed E-state index contributed by atoms with van der Waals surface area (Å²) >= 11 is 0. The van der Waals surface area contributed by atoms with Gasteiger partial charge in [-0.15, -0.1) is 0 Å². The van der Waals surface area contributed by atoms with Crippen molar-refractivity contribution in [2.75, 3.05) is 0 Å². The van der Waals surface area contributed by atoms with E-state index in [0.29, 0.717) is 0 Å². The van der Waals surface area contributed by atoms with Gasteiger partial charge in [0.15, 0.2) is 0 Å². The molecule has 0 atom stereocenters. The summed E-state index contributed by atoms with van der Waals surface area (Å²) in [6.45, 7) is 4.73. The molecule has 1 heteroatoms. The second-order valence-electron chi connectivity index (χ2n) is 3.93. The molecule has 1 aliphatic carbocycles. The highest BCUT2D eigenvalue weighted by Crippen LogP contribution is 2.29. The third-order valence-electron chi connectivity index (χ3n) is 2.55. The zero-order valence-electron chi connectivity index (χ0n) is 8.75. The van der Waals surface area contributed by atoms with Crippen molar-refractivity contribution in [3.8, 4) is 0 Å². The van der Waals surface area contributed by atoms with Crippen LogP contribution in [-0.4, -0.2) is 8.80 Å². The molecular formula is C13H15Si. The normalized spacial score (nSPS) is 15.6. The third kappa shape index (κ3) is 1.73. The molecule has 1 aliphatic rings. The minimum atomic E-state index is -0.713. The monoisotopic (exact) mass is 199 g/mol. The van der Waals surface area contributed by atoms with Gasteiger partial charge in [0.2, 0.25) is 0 Å². The van der Waals surface area contributed by atoms with E-state index in [0.717, 1.165) is 6.42 Å². The van der Waals surface area contributed by atoms with E-state index in [1.807, 2.05) is 0 Å². The summed E-state index contributed by atoms with van der Waals surface area (Å²) in [6.07, 6.45) is 6.80. The molecule has 0 fully saturated rings. The maximum Gasteiger partial charge on any atom is 0.0659 e. The van der Waals surface area contributed by atoms with Crippen LogP contribution in [0.4, 0.5) is 0 Å². The van der Waals surface area contributed by atoms with Gasteiger partial charge in [0, 0.05) is 0 Å². The average Bonchev–Trinajstić information content (AvgIpc) is 2.67. The van der Waals surface area contributed by atoms with Crippen LogP contribution in [0.3, 0.4) is 0 Å². The maximum absolute atomic E-state index is 3.49. The van der Waals surface area contributed by atoms with E-state index in [4.69, 9.17) is 0 Å². The molecule has 0 bridgehead atoms. The zero-order valence-corrected chi connectivity index (χ0v) is 9.90. The fraction of sp³-hybridized carbons (Fsp3) is 0.231. The number of benzene rings is 1. The van der Waals surface area contributed by atoms with Crippen molar-refractivity contribution in [1.29, 1.82) is 0 Å². The molecule has 0 aromatic heterocycles. The standard InChI is InChI=1S/C13H15Si/c1-14(2)13-10-6-9-12(13)11-7-4-3-5-8-11/h3-5,7-9,14H,6H2,1-2H3. The van der Waals surface area contributed by atoms with E-state index in [1.165, 1.54) is 16.3 Å². The summed E-state index contributed by atoms with van der Waals surface area (Å²) in [5.74, 6) is 0. The largest absolute Gasteiger partial charge is 0.0724 e. The summed E-state index contributed by atoms with van der Waals surface area (Å²) in [6, 6.07) is 10.7. The molecule has 14 heavy (non-hydrogen) atoms. The van der Waals surface area contributed by atoms with E-state index in [2.05, 4.69) is 55.6 Å². The van der Waals surface area contributed by atoms with Crippen molar-refractivity contribution in [1.82, 2.24) is 0 Å². The quantitative estimate of drug-likeness (QED) is 0.642. The molecule has 0 N–H and O–H groups in total. The lowest BCUT2D eigenvalue weighted by molar-refractivity contribution is 1.39. The highest BCUT2D eigenvalue weighted by Gasteiger charge is 2.15. The van der Waals surface area contributed by atoms with E-state index in [-0.39, 0.29) is 0 Å². The van der Waals surface area contributed by atoms with E-state index < -0.39 is 8.80 Å². The molecular weight excluding hydrogens is 184 g/mol. The van der Waals surface area contributed by atoms with Gasteiger partial charge in [-0.1, -0.05) is 54.7 Å². The van der Waals surface area contributed by atoms with Crippen LogP contribution in [0.1, 0.15) is 12.0 Å². The van der Waals surface area contributed by atoms with Crippen LogP contribution < -0.4 is 0 Å². The Balaban J connectivity index is 2.33. The Morgan fingerprint density at radius 1 is 1.14 bits per heavy atom. The molecule has 1 aromatic rings. The second-order valence-corrected chi connectivity index (χ2v) is 6.82. The van der Waals surface area contributed by atoms with Crippen LogP contribution >= 0.6 is 0 Å². The average molecular weight is 199 g/mol. The first kappa shape index (κ1) is 9.47. The van der Waals surface area contributed by atoms with Crippen molar-refractivity contribution in [2.24, 2.45) is 0 Å². The molecule has 0 saturated carbocycles. The number of rotatable bonds is 2. The van der Waals surface area contributed by atoms with Crippen molar-refractivity contribution < 1.29 is 0 Å². The molecule has 0 spiro atoms. The Morgan fingerprint density at radius 2 is 1.86 bits per heavy atom. The maximum atomic E-state index is 3.49. The highest BCUT2D eigenvalue weighted by atomic mass is 28.3. The molecule has 0 amide bonds. The predicted molar refractivity (Wildman–Crippen MR) is 64.7 cm³/mol. The number of allylic oxidation sites excluding steroid dienone is 4. The van der Waals surface area contributed by atoms with Gasteiger partial charge in [0.1, 0.15) is 0 Å². The number of hydrogen-bond acceptors (Lipinski definition) is 0. The van der Waals surface area contributed by atoms with Gasteiger partial charge < -0.3 is 0 Å². The third-order valence-corrected chi connectivity index (χ3v) is 4.22. The first-order chi connectivity index (χ1) is 6.79. The van der Waals surface area contributed by atoms with Crippen LogP contribution in [0.15, 0.2) is 41.6 Å². The van der Waals surface area contributed by atoms with Crippen LogP contribution in [0, 0.1) is 6.08 Å². The SMILES string of the molecule is C[SiH](C)C1=[C]CC=C1c1ccccc1. The van der Waals surface area contributed by atoms with Crippen molar-refractivity contribution in [2.45, 2.75) is 19.5 Å². The summed E-state index contributed by atoms with van der Waals surface area (Å²) in [7, 11) is -0.713. The van der Waals surface area contributed by atoms with Crippen LogP contribution in [0.25, 0.3) is 5.57 Å². The minimum Gasteiger partial charge on any atom is -0.0724 e. The second kappa shape index (κ2) is 3.97. The van der Waals surface area contributed by atoms with Gasteiger partial charge in [0.05, 0.1) is 8.80 Å². The fourth-order valence-corrected chi connectivity index (χ4v) is 3.31. The molecule has 0 aliphatic heterocycles. The topological polar surface area (TPSA) is 0 Å². The van der Waals surface area contributed by atoms with Crippen molar-refractivity contribution in [3.05, 3.63) is 53.2 Å². The molecule has 0 unspecified atom stereocenters. The van der Waals surface area contributed by atoms with Gasteiger partial charge >= 0.3 is 0 Å². The lowest BCUT2D eigenvalue weighted by Crippen LogP contribution is -2.06.